The maximum Gasteiger partial charge on any atom is 0.411 e. The molecule has 0 bridgehead atoms. The molecule has 1 aliphatic rings. The number of methoxy groups -OCH3 is 1. The van der Waals surface area contributed by atoms with E-state index >= 15 is 0 Å². The highest BCUT2D eigenvalue weighted by Gasteiger charge is 2.28. The van der Waals surface area contributed by atoms with Gasteiger partial charge in [-0.15, -0.1) is 0 Å². The molecular formula is C33H39ClIN3O5. The van der Waals surface area contributed by atoms with Gasteiger partial charge in [0.2, 0.25) is 5.91 Å². The predicted octanol–water partition coefficient (Wildman–Crippen LogP) is 3.97. The number of likely N-dealkylation sites (tertiary alicyclic amines) is 1. The number of amides is 2. The van der Waals surface area contributed by atoms with Crippen molar-refractivity contribution in [3.8, 4) is 16.9 Å². The van der Waals surface area contributed by atoms with E-state index in [-0.39, 0.29) is 41.0 Å². The van der Waals surface area contributed by atoms with Gasteiger partial charge in [0.05, 0.1) is 56.3 Å². The minimum absolute atomic E-state index is 0. The number of quaternary nitrogens is 1. The van der Waals surface area contributed by atoms with Crippen molar-refractivity contribution in [3.05, 3.63) is 76.8 Å². The average Bonchev–Trinajstić information content (AvgIpc) is 2.98. The summed E-state index contributed by atoms with van der Waals surface area (Å²) in [5, 5.41) is 6.07. The van der Waals surface area contributed by atoms with E-state index in [0.717, 1.165) is 59.9 Å². The van der Waals surface area contributed by atoms with E-state index in [1.165, 1.54) is 13.2 Å². The number of unbranched alkanes of at least 4 members (excludes halogenated alkanes) is 1. The molecule has 0 aromatic heterocycles. The highest BCUT2D eigenvalue weighted by atomic mass is 127. The van der Waals surface area contributed by atoms with Crippen molar-refractivity contribution < 1.29 is 52.3 Å². The van der Waals surface area contributed by atoms with E-state index in [0.29, 0.717) is 41.8 Å². The Morgan fingerprint density at radius 2 is 1.70 bits per heavy atom. The van der Waals surface area contributed by atoms with Gasteiger partial charge in [-0.3, -0.25) is 14.9 Å². The zero-order valence-corrected chi connectivity index (χ0v) is 27.7. The van der Waals surface area contributed by atoms with Crippen molar-refractivity contribution in [3.63, 3.8) is 0 Å². The lowest BCUT2D eigenvalue weighted by Gasteiger charge is -2.36. The van der Waals surface area contributed by atoms with E-state index in [2.05, 4.69) is 30.8 Å². The Bertz CT molecular complexity index is 1410. The number of hydrogen-bond donors (Lipinski definition) is 2. The second-order valence-electron chi connectivity index (χ2n) is 11.3. The van der Waals surface area contributed by atoms with Gasteiger partial charge < -0.3 is 43.3 Å². The molecule has 0 saturated carbocycles. The Labute approximate surface area is 275 Å². The number of rotatable bonds is 11. The van der Waals surface area contributed by atoms with E-state index < -0.39 is 6.09 Å². The van der Waals surface area contributed by atoms with Crippen LogP contribution in [0.5, 0.6) is 5.75 Å². The normalized spacial score (nSPS) is 14.2. The van der Waals surface area contributed by atoms with Gasteiger partial charge in [-0.1, -0.05) is 54.1 Å². The van der Waals surface area contributed by atoms with Crippen LogP contribution in [0.1, 0.15) is 48.0 Å². The van der Waals surface area contributed by atoms with Crippen LogP contribution in [0.2, 0.25) is 5.02 Å². The van der Waals surface area contributed by atoms with E-state index in [9.17, 15) is 14.4 Å². The van der Waals surface area contributed by atoms with Gasteiger partial charge in [-0.05, 0) is 42.5 Å². The standard InChI is InChI=1S/C33H38ClN3O5.HI/c1-37(2)17-15-26(16-18-37)42-33(40)36-29-19-23(13-14-27(29)24-10-5-4-6-11-24)9-7-8-12-32(39)35-30-21-31(41-3)25(22-38)20-28(30)34;/h4-6,10-11,13-14,19-22,26H,7-9,12,15-18H2,1-3H3,(H-,35,36,38,39,40);1H. The molecule has 10 heteroatoms. The summed E-state index contributed by atoms with van der Waals surface area (Å²) in [5.41, 5.74) is 4.40. The Balaban J connectivity index is 0.00000506. The molecule has 1 fully saturated rings. The summed E-state index contributed by atoms with van der Waals surface area (Å²) in [6, 6.07) is 19.0. The van der Waals surface area contributed by atoms with Crippen LogP contribution >= 0.6 is 11.6 Å². The first-order valence-electron chi connectivity index (χ1n) is 14.3. The number of piperidine rings is 1. The van der Waals surface area contributed by atoms with Crippen molar-refractivity contribution in [2.45, 2.75) is 44.6 Å². The number of halogens is 2. The number of nitrogens with zero attached hydrogens (tertiary/aromatic N) is 1. The van der Waals surface area contributed by atoms with E-state index in [1.807, 2.05) is 42.5 Å². The number of carbonyl (C=O) groups is 3. The predicted molar refractivity (Wildman–Crippen MR) is 166 cm³/mol. The Kier molecular flexibility index (Phi) is 12.8. The van der Waals surface area contributed by atoms with Crippen LogP contribution in [0, 0.1) is 0 Å². The van der Waals surface area contributed by atoms with Crippen LogP contribution in [0.3, 0.4) is 0 Å². The van der Waals surface area contributed by atoms with Gasteiger partial charge in [0, 0.05) is 30.9 Å². The minimum atomic E-state index is -0.435. The maximum absolute atomic E-state index is 12.9. The third-order valence-corrected chi connectivity index (χ3v) is 7.94. The summed E-state index contributed by atoms with van der Waals surface area (Å²) in [7, 11) is 5.85. The Hall–Kier alpha value is -3.15. The zero-order valence-electron chi connectivity index (χ0n) is 24.8. The Morgan fingerprint density at radius 3 is 2.37 bits per heavy atom. The van der Waals surface area contributed by atoms with Gasteiger partial charge in [0.25, 0.3) is 0 Å². The minimum Gasteiger partial charge on any atom is -1.00 e. The number of anilines is 2. The van der Waals surface area contributed by atoms with Crippen molar-refractivity contribution in [2.24, 2.45) is 0 Å². The molecule has 0 unspecified atom stereocenters. The summed E-state index contributed by atoms with van der Waals surface area (Å²) in [6.45, 7) is 1.96. The van der Waals surface area contributed by atoms with Crippen LogP contribution < -0.4 is 39.3 Å². The topological polar surface area (TPSA) is 93.7 Å². The monoisotopic (exact) mass is 719 g/mol. The van der Waals surface area contributed by atoms with Crippen molar-refractivity contribution in [2.75, 3.05) is 44.9 Å². The maximum atomic E-state index is 12.9. The molecule has 2 N–H and O–H groups in total. The van der Waals surface area contributed by atoms with Crippen LogP contribution in [-0.2, 0) is 16.0 Å². The largest absolute Gasteiger partial charge is 1.00 e. The lowest BCUT2D eigenvalue weighted by Crippen LogP contribution is -3.00. The summed E-state index contributed by atoms with van der Waals surface area (Å²) in [6.07, 6.45) is 4.33. The third kappa shape index (κ3) is 9.94. The van der Waals surface area contributed by atoms with Gasteiger partial charge in [-0.25, -0.2) is 4.79 Å². The fourth-order valence-corrected chi connectivity index (χ4v) is 5.35. The molecule has 43 heavy (non-hydrogen) atoms. The third-order valence-electron chi connectivity index (χ3n) is 7.63. The first-order valence-corrected chi connectivity index (χ1v) is 14.7. The van der Waals surface area contributed by atoms with Gasteiger partial charge in [-0.2, -0.15) is 0 Å². The molecule has 0 radical (unpaired) electrons. The molecule has 0 aliphatic carbocycles. The van der Waals surface area contributed by atoms with Gasteiger partial charge >= 0.3 is 6.09 Å². The highest BCUT2D eigenvalue weighted by Crippen LogP contribution is 2.32. The molecule has 3 aromatic rings. The summed E-state index contributed by atoms with van der Waals surface area (Å²) < 4.78 is 11.9. The number of nitrogens with one attached hydrogen (secondary N) is 2. The van der Waals surface area contributed by atoms with Gasteiger partial charge in [0.1, 0.15) is 11.9 Å². The van der Waals surface area contributed by atoms with Gasteiger partial charge in [0.15, 0.2) is 6.29 Å². The number of hydrogen-bond acceptors (Lipinski definition) is 5. The summed E-state index contributed by atoms with van der Waals surface area (Å²) in [4.78, 5) is 36.6. The molecule has 0 spiro atoms. The first-order chi connectivity index (χ1) is 20.2. The van der Waals surface area contributed by atoms with Crippen LogP contribution in [0.25, 0.3) is 11.1 Å². The average molecular weight is 720 g/mol. The molecule has 0 atom stereocenters. The van der Waals surface area contributed by atoms with E-state index in [4.69, 9.17) is 21.1 Å². The second kappa shape index (κ2) is 16.1. The van der Waals surface area contributed by atoms with Crippen molar-refractivity contribution >= 4 is 41.3 Å². The molecule has 1 aliphatic heterocycles. The Morgan fingerprint density at radius 1 is 0.977 bits per heavy atom. The smallest absolute Gasteiger partial charge is 0.411 e. The van der Waals surface area contributed by atoms with E-state index in [1.54, 1.807) is 6.07 Å². The molecule has 8 nitrogen and oxygen atoms in total. The van der Waals surface area contributed by atoms with Crippen LogP contribution in [-0.4, -0.2) is 63.2 Å². The summed E-state index contributed by atoms with van der Waals surface area (Å²) >= 11 is 6.23. The fourth-order valence-electron chi connectivity index (χ4n) is 5.13. The molecular weight excluding hydrogens is 681 g/mol. The zero-order chi connectivity index (χ0) is 30.1. The van der Waals surface area contributed by atoms with Crippen molar-refractivity contribution in [1.82, 2.24) is 0 Å². The number of carbonyl (C=O) groups excluding carboxylic acids is 3. The van der Waals surface area contributed by atoms with Crippen molar-refractivity contribution in [1.29, 1.82) is 0 Å². The summed E-state index contributed by atoms with van der Waals surface area (Å²) in [5.74, 6) is 0.172. The molecule has 3 aromatic carbocycles. The highest BCUT2D eigenvalue weighted by molar-refractivity contribution is 6.34. The number of aryl methyl sites for hydroxylation is 1. The quantitative estimate of drug-likeness (QED) is 0.136. The first kappa shape index (κ1) is 34.3. The lowest BCUT2D eigenvalue weighted by atomic mass is 9.99. The molecule has 230 valence electrons. The molecule has 2 amide bonds. The number of aldehydes is 1. The molecule has 1 saturated heterocycles. The SMILES string of the molecule is COc1cc(NC(=O)CCCCc2ccc(-c3ccccc3)c(NC(=O)OC3CC[N+](C)(C)CC3)c2)c(Cl)cc1C=O.[I-]. The number of ether oxygens (including phenoxy) is 2. The molecule has 1 heterocycles. The fraction of sp³-hybridized carbons (Fsp3) is 0.364. The lowest BCUT2D eigenvalue weighted by molar-refractivity contribution is -0.896. The molecule has 4 rings (SSSR count). The van der Waals surface area contributed by atoms with Crippen LogP contribution in [0.15, 0.2) is 60.7 Å². The number of benzene rings is 3. The second-order valence-corrected chi connectivity index (χ2v) is 11.7. The van der Waals surface area contributed by atoms with Crippen LogP contribution in [0.4, 0.5) is 16.2 Å².